The standard InChI is InChI=1S/C17H12F2N2O2/c1-10(22)11-3-2-4-12(7-11)16-9-20-17(23-16)21-15-8-13(18)5-6-14(15)19/h2-9H,1H3,(H,20,21). The van der Waals surface area contributed by atoms with E-state index >= 15 is 0 Å². The van der Waals surface area contributed by atoms with Crippen LogP contribution in [0.15, 0.2) is 53.1 Å². The van der Waals surface area contributed by atoms with E-state index in [1.54, 1.807) is 24.3 Å². The first-order valence-corrected chi connectivity index (χ1v) is 6.82. The Morgan fingerprint density at radius 2 is 2.00 bits per heavy atom. The SMILES string of the molecule is CC(=O)c1cccc(-c2cnc(Nc3cc(F)ccc3F)o2)c1. The fourth-order valence-electron chi connectivity index (χ4n) is 2.07. The fraction of sp³-hybridized carbons (Fsp3) is 0.0588. The van der Waals surface area contributed by atoms with Crippen LogP contribution < -0.4 is 5.32 Å². The van der Waals surface area contributed by atoms with E-state index in [-0.39, 0.29) is 17.5 Å². The van der Waals surface area contributed by atoms with E-state index < -0.39 is 11.6 Å². The normalized spacial score (nSPS) is 10.6. The Morgan fingerprint density at radius 3 is 2.78 bits per heavy atom. The van der Waals surface area contributed by atoms with Gasteiger partial charge in [-0.05, 0) is 25.1 Å². The number of anilines is 2. The van der Waals surface area contributed by atoms with Gasteiger partial charge in [-0.15, -0.1) is 0 Å². The van der Waals surface area contributed by atoms with Crippen molar-refractivity contribution in [2.45, 2.75) is 6.92 Å². The molecule has 1 N–H and O–H groups in total. The number of oxazole rings is 1. The quantitative estimate of drug-likeness (QED) is 0.717. The summed E-state index contributed by atoms with van der Waals surface area (Å²) in [6.45, 7) is 1.47. The Bertz CT molecular complexity index is 875. The molecule has 0 bridgehead atoms. The monoisotopic (exact) mass is 314 g/mol. The van der Waals surface area contributed by atoms with E-state index in [9.17, 15) is 13.6 Å². The van der Waals surface area contributed by atoms with E-state index in [1.807, 2.05) is 0 Å². The molecule has 0 radical (unpaired) electrons. The van der Waals surface area contributed by atoms with Gasteiger partial charge in [0.1, 0.15) is 11.6 Å². The Morgan fingerprint density at radius 1 is 1.17 bits per heavy atom. The number of ketones is 1. The number of hydrogen-bond donors (Lipinski definition) is 1. The minimum atomic E-state index is -0.621. The molecule has 0 spiro atoms. The molecular formula is C17H12F2N2O2. The summed E-state index contributed by atoms with van der Waals surface area (Å²) < 4.78 is 32.2. The molecule has 2 aromatic carbocycles. The maximum atomic E-state index is 13.6. The Labute approximate surface area is 130 Å². The number of carbonyl (C=O) groups excluding carboxylic acids is 1. The van der Waals surface area contributed by atoms with Crippen LogP contribution in [0.2, 0.25) is 0 Å². The van der Waals surface area contributed by atoms with Gasteiger partial charge in [0.2, 0.25) is 0 Å². The van der Waals surface area contributed by atoms with Crippen molar-refractivity contribution in [1.82, 2.24) is 4.98 Å². The van der Waals surface area contributed by atoms with Crippen LogP contribution in [0.5, 0.6) is 0 Å². The number of carbonyl (C=O) groups is 1. The van der Waals surface area contributed by atoms with Gasteiger partial charge >= 0.3 is 0 Å². The number of nitrogens with zero attached hydrogens (tertiary/aromatic N) is 1. The maximum absolute atomic E-state index is 13.6. The first kappa shape index (κ1) is 14.9. The zero-order chi connectivity index (χ0) is 16.4. The van der Waals surface area contributed by atoms with E-state index in [0.29, 0.717) is 16.9 Å². The summed E-state index contributed by atoms with van der Waals surface area (Å²) in [5.41, 5.74) is 1.14. The Hall–Kier alpha value is -3.02. The van der Waals surface area contributed by atoms with Gasteiger partial charge in [-0.2, -0.15) is 0 Å². The summed E-state index contributed by atoms with van der Waals surface area (Å²) in [7, 11) is 0. The molecule has 0 aliphatic carbocycles. The lowest BCUT2D eigenvalue weighted by Crippen LogP contribution is -1.94. The number of Topliss-reactive ketones (excluding diaryl/α,β-unsaturated/α-hetero) is 1. The summed E-state index contributed by atoms with van der Waals surface area (Å²) in [4.78, 5) is 15.4. The topological polar surface area (TPSA) is 55.1 Å². The van der Waals surface area contributed by atoms with Gasteiger partial charge in [-0.25, -0.2) is 13.8 Å². The highest BCUT2D eigenvalue weighted by molar-refractivity contribution is 5.95. The molecule has 0 aliphatic rings. The number of rotatable bonds is 4. The fourth-order valence-corrected chi connectivity index (χ4v) is 2.07. The smallest absolute Gasteiger partial charge is 0.299 e. The molecule has 0 saturated heterocycles. The van der Waals surface area contributed by atoms with Crippen molar-refractivity contribution >= 4 is 17.5 Å². The highest BCUT2D eigenvalue weighted by Crippen LogP contribution is 2.26. The predicted octanol–water partition coefficient (Wildman–Crippen LogP) is 4.57. The van der Waals surface area contributed by atoms with E-state index in [0.717, 1.165) is 18.2 Å². The van der Waals surface area contributed by atoms with Crippen molar-refractivity contribution in [3.8, 4) is 11.3 Å². The molecule has 0 unspecified atom stereocenters. The number of benzene rings is 2. The van der Waals surface area contributed by atoms with Crippen LogP contribution >= 0.6 is 0 Å². The third-order valence-corrected chi connectivity index (χ3v) is 3.23. The highest BCUT2D eigenvalue weighted by atomic mass is 19.1. The number of nitrogens with one attached hydrogen (secondary N) is 1. The lowest BCUT2D eigenvalue weighted by molar-refractivity contribution is 0.101. The third kappa shape index (κ3) is 3.26. The average Bonchev–Trinajstić information content (AvgIpc) is 3.00. The summed E-state index contributed by atoms with van der Waals surface area (Å²) >= 11 is 0. The van der Waals surface area contributed by atoms with Gasteiger partial charge in [0, 0.05) is 17.2 Å². The molecule has 1 heterocycles. The Kier molecular flexibility index (Phi) is 3.89. The van der Waals surface area contributed by atoms with Gasteiger partial charge in [0.05, 0.1) is 11.9 Å². The van der Waals surface area contributed by atoms with Gasteiger partial charge in [0.25, 0.3) is 6.01 Å². The zero-order valence-corrected chi connectivity index (χ0v) is 12.1. The molecule has 0 saturated carbocycles. The molecule has 1 aromatic heterocycles. The molecular weight excluding hydrogens is 302 g/mol. The Balaban J connectivity index is 1.87. The molecule has 4 nitrogen and oxygen atoms in total. The molecule has 0 aliphatic heterocycles. The third-order valence-electron chi connectivity index (χ3n) is 3.23. The predicted molar refractivity (Wildman–Crippen MR) is 81.6 cm³/mol. The largest absolute Gasteiger partial charge is 0.423 e. The molecule has 0 fully saturated rings. The van der Waals surface area contributed by atoms with Crippen LogP contribution in [0.1, 0.15) is 17.3 Å². The van der Waals surface area contributed by atoms with Crippen molar-refractivity contribution in [3.63, 3.8) is 0 Å². The first-order valence-electron chi connectivity index (χ1n) is 6.82. The van der Waals surface area contributed by atoms with Crippen molar-refractivity contribution in [1.29, 1.82) is 0 Å². The van der Waals surface area contributed by atoms with Crippen molar-refractivity contribution in [3.05, 3.63) is 65.9 Å². The van der Waals surface area contributed by atoms with Gasteiger partial charge in [0.15, 0.2) is 11.5 Å². The first-order chi connectivity index (χ1) is 11.0. The van der Waals surface area contributed by atoms with Gasteiger partial charge in [-0.1, -0.05) is 18.2 Å². The second-order valence-corrected chi connectivity index (χ2v) is 4.92. The highest BCUT2D eigenvalue weighted by Gasteiger charge is 2.11. The van der Waals surface area contributed by atoms with Crippen LogP contribution in [-0.4, -0.2) is 10.8 Å². The van der Waals surface area contributed by atoms with Gasteiger partial charge in [-0.3, -0.25) is 4.79 Å². The van der Waals surface area contributed by atoms with Crippen LogP contribution in [0.4, 0.5) is 20.5 Å². The molecule has 6 heteroatoms. The van der Waals surface area contributed by atoms with Crippen molar-refractivity contribution < 1.29 is 18.0 Å². The van der Waals surface area contributed by atoms with Crippen LogP contribution in [-0.2, 0) is 0 Å². The second-order valence-electron chi connectivity index (χ2n) is 4.92. The summed E-state index contributed by atoms with van der Waals surface area (Å²) in [5, 5.41) is 2.58. The lowest BCUT2D eigenvalue weighted by Gasteiger charge is -2.03. The summed E-state index contributed by atoms with van der Waals surface area (Å²) in [6.07, 6.45) is 1.44. The summed E-state index contributed by atoms with van der Waals surface area (Å²) in [5.74, 6) is -0.849. The summed E-state index contributed by atoms with van der Waals surface area (Å²) in [6, 6.07) is 9.94. The average molecular weight is 314 g/mol. The molecule has 116 valence electrons. The second kappa shape index (κ2) is 6.00. The van der Waals surface area contributed by atoms with E-state index in [4.69, 9.17) is 4.42 Å². The minimum Gasteiger partial charge on any atom is -0.423 e. The lowest BCUT2D eigenvalue weighted by atomic mass is 10.1. The van der Waals surface area contributed by atoms with E-state index in [2.05, 4.69) is 10.3 Å². The number of hydrogen-bond acceptors (Lipinski definition) is 4. The number of aromatic nitrogens is 1. The maximum Gasteiger partial charge on any atom is 0.299 e. The number of halogens is 2. The minimum absolute atomic E-state index is 0.0257. The van der Waals surface area contributed by atoms with Crippen molar-refractivity contribution in [2.75, 3.05) is 5.32 Å². The molecule has 3 rings (SSSR count). The molecule has 0 atom stereocenters. The van der Waals surface area contributed by atoms with Crippen LogP contribution in [0, 0.1) is 11.6 Å². The van der Waals surface area contributed by atoms with Crippen LogP contribution in [0.25, 0.3) is 11.3 Å². The molecule has 0 amide bonds. The van der Waals surface area contributed by atoms with E-state index in [1.165, 1.54) is 13.1 Å². The zero-order valence-electron chi connectivity index (χ0n) is 12.1. The van der Waals surface area contributed by atoms with Gasteiger partial charge < -0.3 is 9.73 Å². The van der Waals surface area contributed by atoms with Crippen LogP contribution in [0.3, 0.4) is 0 Å². The van der Waals surface area contributed by atoms with Crippen molar-refractivity contribution in [2.24, 2.45) is 0 Å². The molecule has 23 heavy (non-hydrogen) atoms. The molecule has 3 aromatic rings.